The molecule has 0 aliphatic carbocycles. The van der Waals surface area contributed by atoms with Crippen molar-refractivity contribution in [3.8, 4) is 11.4 Å². The molecule has 4 rings (SSSR count). The molecule has 1 aliphatic rings. The third-order valence-corrected chi connectivity index (χ3v) is 5.54. The van der Waals surface area contributed by atoms with E-state index in [4.69, 9.17) is 28.3 Å². The van der Waals surface area contributed by atoms with Crippen LogP contribution in [0.3, 0.4) is 0 Å². The molecule has 0 spiro atoms. The molecule has 2 heterocycles. The van der Waals surface area contributed by atoms with Crippen LogP contribution in [-0.2, 0) is 0 Å². The first kappa shape index (κ1) is 20.5. The van der Waals surface area contributed by atoms with Crippen LogP contribution in [0.5, 0.6) is 0 Å². The van der Waals surface area contributed by atoms with Crippen molar-refractivity contribution >= 4 is 34.5 Å². The standard InChI is InChI=1S/C22H20ClFN4OS/c1-3-10-28-13(2)18(19(25-22(28)30)14-6-4-8-16(23)11-14)21-26-20(27-29-21)15-7-5-9-17(24)12-15/h4-9,11-12,19H,3,10H2,1-2H3,(H,25,30). The van der Waals surface area contributed by atoms with E-state index in [-0.39, 0.29) is 11.9 Å². The minimum atomic E-state index is -0.357. The van der Waals surface area contributed by atoms with Gasteiger partial charge in [-0.1, -0.05) is 47.9 Å². The monoisotopic (exact) mass is 442 g/mol. The molecule has 0 fully saturated rings. The van der Waals surface area contributed by atoms with E-state index < -0.39 is 0 Å². The molecule has 0 saturated carbocycles. The first-order chi connectivity index (χ1) is 14.5. The number of halogens is 2. The number of thiocarbonyl (C=S) groups is 1. The van der Waals surface area contributed by atoms with Crippen LogP contribution in [-0.4, -0.2) is 26.7 Å². The fourth-order valence-electron chi connectivity index (χ4n) is 3.57. The third kappa shape index (κ3) is 3.95. The molecule has 2 aromatic carbocycles. The maximum atomic E-state index is 13.6. The summed E-state index contributed by atoms with van der Waals surface area (Å²) in [7, 11) is 0. The van der Waals surface area contributed by atoms with Gasteiger partial charge in [0.2, 0.25) is 5.82 Å². The number of allylic oxidation sites excluding steroid dienone is 1. The highest BCUT2D eigenvalue weighted by Crippen LogP contribution is 2.38. The van der Waals surface area contributed by atoms with Gasteiger partial charge in [0, 0.05) is 22.8 Å². The summed E-state index contributed by atoms with van der Waals surface area (Å²) in [4.78, 5) is 6.59. The van der Waals surface area contributed by atoms with Gasteiger partial charge in [-0.05, 0) is 55.4 Å². The summed E-state index contributed by atoms with van der Waals surface area (Å²) >= 11 is 11.9. The Morgan fingerprint density at radius 2 is 2.03 bits per heavy atom. The average molecular weight is 443 g/mol. The second-order valence-corrected chi connectivity index (χ2v) is 7.84. The van der Waals surface area contributed by atoms with Gasteiger partial charge >= 0.3 is 0 Å². The van der Waals surface area contributed by atoms with E-state index in [1.807, 2.05) is 36.1 Å². The molecule has 1 aromatic heterocycles. The van der Waals surface area contributed by atoms with Crippen LogP contribution < -0.4 is 5.32 Å². The molecule has 0 bridgehead atoms. The van der Waals surface area contributed by atoms with Gasteiger partial charge in [0.1, 0.15) is 5.82 Å². The maximum Gasteiger partial charge on any atom is 0.258 e. The minimum Gasteiger partial charge on any atom is -0.351 e. The fourth-order valence-corrected chi connectivity index (χ4v) is 4.11. The van der Waals surface area contributed by atoms with E-state index in [1.165, 1.54) is 12.1 Å². The molecule has 5 nitrogen and oxygen atoms in total. The molecule has 8 heteroatoms. The highest BCUT2D eigenvalue weighted by Gasteiger charge is 2.33. The van der Waals surface area contributed by atoms with Gasteiger partial charge in [0.05, 0.1) is 11.6 Å². The Bertz CT molecular complexity index is 1130. The lowest BCUT2D eigenvalue weighted by Crippen LogP contribution is -2.46. The van der Waals surface area contributed by atoms with Crippen LogP contribution in [0.15, 0.2) is 58.8 Å². The Labute approximate surface area is 184 Å². The van der Waals surface area contributed by atoms with Crippen molar-refractivity contribution < 1.29 is 8.91 Å². The number of nitrogens with zero attached hydrogens (tertiary/aromatic N) is 3. The number of nitrogens with one attached hydrogen (secondary N) is 1. The molecule has 1 atom stereocenters. The predicted molar refractivity (Wildman–Crippen MR) is 119 cm³/mol. The molecule has 1 aliphatic heterocycles. The number of aromatic nitrogens is 2. The Hall–Kier alpha value is -2.77. The van der Waals surface area contributed by atoms with Gasteiger partial charge in [-0.25, -0.2) is 4.39 Å². The summed E-state index contributed by atoms with van der Waals surface area (Å²) in [6.07, 6.45) is 0.923. The summed E-state index contributed by atoms with van der Waals surface area (Å²) in [6.45, 7) is 4.84. The van der Waals surface area contributed by atoms with Gasteiger partial charge in [0.15, 0.2) is 5.11 Å². The zero-order chi connectivity index (χ0) is 21.3. The number of hydrogen-bond donors (Lipinski definition) is 1. The van der Waals surface area contributed by atoms with E-state index in [0.29, 0.717) is 27.4 Å². The van der Waals surface area contributed by atoms with Gasteiger partial charge in [-0.15, -0.1) is 0 Å². The van der Waals surface area contributed by atoms with E-state index in [2.05, 4.69) is 22.4 Å². The fraction of sp³-hybridized carbons (Fsp3) is 0.227. The Morgan fingerprint density at radius 1 is 1.23 bits per heavy atom. The van der Waals surface area contributed by atoms with Gasteiger partial charge < -0.3 is 14.7 Å². The van der Waals surface area contributed by atoms with Crippen molar-refractivity contribution in [3.63, 3.8) is 0 Å². The van der Waals surface area contributed by atoms with Crippen LogP contribution >= 0.6 is 23.8 Å². The number of hydrogen-bond acceptors (Lipinski definition) is 4. The smallest absolute Gasteiger partial charge is 0.258 e. The molecule has 30 heavy (non-hydrogen) atoms. The normalized spacial score (nSPS) is 16.7. The maximum absolute atomic E-state index is 13.6. The predicted octanol–water partition coefficient (Wildman–Crippen LogP) is 5.60. The van der Waals surface area contributed by atoms with Crippen LogP contribution in [0.1, 0.15) is 37.8 Å². The van der Waals surface area contributed by atoms with Crippen molar-refractivity contribution in [1.29, 1.82) is 0 Å². The summed E-state index contributed by atoms with van der Waals surface area (Å²) in [5.41, 5.74) is 3.22. The summed E-state index contributed by atoms with van der Waals surface area (Å²) < 4.78 is 19.3. The summed E-state index contributed by atoms with van der Waals surface area (Å²) in [6, 6.07) is 13.4. The highest BCUT2D eigenvalue weighted by atomic mass is 35.5. The molecule has 3 aromatic rings. The second-order valence-electron chi connectivity index (χ2n) is 7.02. The van der Waals surface area contributed by atoms with Crippen molar-refractivity contribution in [2.75, 3.05) is 6.54 Å². The molecule has 0 amide bonds. The largest absolute Gasteiger partial charge is 0.351 e. The quantitative estimate of drug-likeness (QED) is 0.519. The number of benzene rings is 2. The van der Waals surface area contributed by atoms with Crippen LogP contribution in [0.4, 0.5) is 4.39 Å². The zero-order valence-corrected chi connectivity index (χ0v) is 18.1. The summed E-state index contributed by atoms with van der Waals surface area (Å²) in [5.74, 6) is 0.322. The lowest BCUT2D eigenvalue weighted by atomic mass is 9.95. The highest BCUT2D eigenvalue weighted by molar-refractivity contribution is 7.80. The molecule has 154 valence electrons. The van der Waals surface area contributed by atoms with Gasteiger partial charge in [-0.3, -0.25) is 0 Å². The Balaban J connectivity index is 1.82. The number of rotatable bonds is 5. The van der Waals surface area contributed by atoms with Crippen molar-refractivity contribution in [2.45, 2.75) is 26.3 Å². The molecule has 1 N–H and O–H groups in total. The van der Waals surface area contributed by atoms with Crippen LogP contribution in [0.2, 0.25) is 5.02 Å². The topological polar surface area (TPSA) is 54.2 Å². The summed E-state index contributed by atoms with van der Waals surface area (Å²) in [5, 5.41) is 8.72. The van der Waals surface area contributed by atoms with Gasteiger partial charge in [0.25, 0.3) is 5.89 Å². The SMILES string of the molecule is CCCN1C(=S)NC(c2cccc(Cl)c2)C(c2nc(-c3cccc(F)c3)no2)=C1C. The van der Waals surface area contributed by atoms with E-state index >= 15 is 0 Å². The average Bonchev–Trinajstić information content (AvgIpc) is 3.20. The molecular weight excluding hydrogens is 423 g/mol. The molecule has 1 unspecified atom stereocenters. The molecule has 0 saturated heterocycles. The second kappa shape index (κ2) is 8.53. The van der Waals surface area contributed by atoms with Gasteiger partial charge in [-0.2, -0.15) is 4.98 Å². The van der Waals surface area contributed by atoms with Crippen molar-refractivity contribution in [3.05, 3.63) is 76.5 Å². The van der Waals surface area contributed by atoms with Crippen LogP contribution in [0, 0.1) is 5.82 Å². The van der Waals surface area contributed by atoms with Crippen molar-refractivity contribution in [2.24, 2.45) is 0 Å². The Kier molecular flexibility index (Phi) is 5.83. The third-order valence-electron chi connectivity index (χ3n) is 4.96. The lowest BCUT2D eigenvalue weighted by molar-refractivity contribution is 0.396. The first-order valence-corrected chi connectivity index (χ1v) is 10.4. The molecular formula is C22H20ClFN4OS. The first-order valence-electron chi connectivity index (χ1n) is 9.62. The van der Waals surface area contributed by atoms with Crippen LogP contribution in [0.25, 0.3) is 17.0 Å². The zero-order valence-electron chi connectivity index (χ0n) is 16.5. The van der Waals surface area contributed by atoms with Crippen molar-refractivity contribution in [1.82, 2.24) is 20.4 Å². The Morgan fingerprint density at radius 3 is 2.77 bits per heavy atom. The van der Waals surface area contributed by atoms with E-state index in [0.717, 1.165) is 29.8 Å². The minimum absolute atomic E-state index is 0.301. The lowest BCUT2D eigenvalue weighted by Gasteiger charge is -2.37. The van der Waals surface area contributed by atoms with E-state index in [9.17, 15) is 4.39 Å². The molecule has 0 radical (unpaired) electrons. The van der Waals surface area contributed by atoms with E-state index in [1.54, 1.807) is 12.1 Å².